The molecule has 0 radical (unpaired) electrons. The van der Waals surface area contributed by atoms with E-state index in [1.807, 2.05) is 19.1 Å². The zero-order valence-electron chi connectivity index (χ0n) is 10.7. The number of rotatable bonds is 2. The Labute approximate surface area is 105 Å². The van der Waals surface area contributed by atoms with E-state index in [-0.39, 0.29) is 5.56 Å². The van der Waals surface area contributed by atoms with Crippen molar-refractivity contribution in [2.45, 2.75) is 13.8 Å². The fourth-order valence-electron chi connectivity index (χ4n) is 1.96. The fourth-order valence-corrected chi connectivity index (χ4v) is 1.96. The summed E-state index contributed by atoms with van der Waals surface area (Å²) >= 11 is 0. The third kappa shape index (κ3) is 1.90. The molecule has 0 atom stereocenters. The summed E-state index contributed by atoms with van der Waals surface area (Å²) < 4.78 is 6.51. The number of carbonyl (C=O) groups excluding carboxylic acids is 1. The number of aromatic nitrogens is 1. The summed E-state index contributed by atoms with van der Waals surface area (Å²) in [5, 5.41) is 1.19. The average Bonchev–Trinajstić information content (AvgIpc) is 2.35. The summed E-state index contributed by atoms with van der Waals surface area (Å²) in [5.74, 6) is -0.455. The number of aryl methyl sites for hydroxylation is 1. The Kier molecular flexibility index (Phi) is 3.19. The second-order valence-corrected chi connectivity index (χ2v) is 4.14. The van der Waals surface area contributed by atoms with E-state index in [2.05, 4.69) is 0 Å². The summed E-state index contributed by atoms with van der Waals surface area (Å²) in [4.78, 5) is 24.1. The van der Waals surface area contributed by atoms with Crippen molar-refractivity contribution >= 4 is 16.7 Å². The van der Waals surface area contributed by atoms with E-state index >= 15 is 0 Å². The van der Waals surface area contributed by atoms with Gasteiger partial charge in [0.1, 0.15) is 0 Å². The van der Waals surface area contributed by atoms with Crippen LogP contribution >= 0.6 is 0 Å². The van der Waals surface area contributed by atoms with Crippen molar-refractivity contribution in [2.75, 3.05) is 6.61 Å². The summed E-state index contributed by atoms with van der Waals surface area (Å²) in [7, 11) is 1.69. The van der Waals surface area contributed by atoms with Gasteiger partial charge in [0, 0.05) is 12.7 Å². The number of hydrogen-bond donors (Lipinski definition) is 0. The third-order valence-electron chi connectivity index (χ3n) is 3.00. The lowest BCUT2D eigenvalue weighted by Crippen LogP contribution is -2.21. The van der Waals surface area contributed by atoms with Crippen LogP contribution in [0.15, 0.2) is 29.1 Å². The second-order valence-electron chi connectivity index (χ2n) is 4.14. The van der Waals surface area contributed by atoms with E-state index in [0.29, 0.717) is 17.6 Å². The Morgan fingerprint density at radius 3 is 2.78 bits per heavy atom. The SMILES string of the molecule is CCOC(=O)c1cccc2cc(C)n(C)c(=O)c12. The molecule has 0 saturated carbocycles. The van der Waals surface area contributed by atoms with Crippen molar-refractivity contribution in [3.8, 4) is 0 Å². The van der Waals surface area contributed by atoms with E-state index in [0.717, 1.165) is 11.1 Å². The first-order valence-electron chi connectivity index (χ1n) is 5.82. The van der Waals surface area contributed by atoms with Crippen molar-refractivity contribution in [3.05, 3.63) is 45.9 Å². The van der Waals surface area contributed by atoms with Crippen molar-refractivity contribution in [1.82, 2.24) is 4.57 Å². The minimum absolute atomic E-state index is 0.173. The predicted octanol–water partition coefficient (Wildman–Crippen LogP) is 2.02. The molecule has 4 heteroatoms. The molecule has 2 aromatic rings. The molecule has 0 saturated heterocycles. The summed E-state index contributed by atoms with van der Waals surface area (Å²) in [6.45, 7) is 3.89. The van der Waals surface area contributed by atoms with Gasteiger partial charge >= 0.3 is 5.97 Å². The summed E-state index contributed by atoms with van der Waals surface area (Å²) in [6, 6.07) is 7.09. The molecule has 0 fully saturated rings. The van der Waals surface area contributed by atoms with Crippen LogP contribution in [0, 0.1) is 6.92 Å². The zero-order chi connectivity index (χ0) is 13.3. The Hall–Kier alpha value is -2.10. The molecule has 1 aromatic carbocycles. The number of esters is 1. The van der Waals surface area contributed by atoms with Gasteiger partial charge in [-0.15, -0.1) is 0 Å². The number of ether oxygens (including phenoxy) is 1. The van der Waals surface area contributed by atoms with Crippen molar-refractivity contribution in [2.24, 2.45) is 7.05 Å². The largest absolute Gasteiger partial charge is 0.462 e. The molecule has 0 aliphatic carbocycles. The molecule has 0 spiro atoms. The van der Waals surface area contributed by atoms with Crippen molar-refractivity contribution in [3.63, 3.8) is 0 Å². The van der Waals surface area contributed by atoms with Gasteiger partial charge in [-0.25, -0.2) is 4.79 Å². The van der Waals surface area contributed by atoms with E-state index < -0.39 is 5.97 Å². The molecule has 2 rings (SSSR count). The lowest BCUT2D eigenvalue weighted by atomic mass is 10.1. The van der Waals surface area contributed by atoms with Crippen LogP contribution < -0.4 is 5.56 Å². The van der Waals surface area contributed by atoms with E-state index in [1.165, 1.54) is 4.57 Å². The van der Waals surface area contributed by atoms with Crippen molar-refractivity contribution < 1.29 is 9.53 Å². The average molecular weight is 245 g/mol. The molecule has 0 aliphatic heterocycles. The fraction of sp³-hybridized carbons (Fsp3) is 0.286. The topological polar surface area (TPSA) is 48.3 Å². The number of carbonyl (C=O) groups is 1. The van der Waals surface area contributed by atoms with Crippen LogP contribution in [0.2, 0.25) is 0 Å². The normalized spacial score (nSPS) is 10.6. The monoisotopic (exact) mass is 245 g/mol. The molecule has 4 nitrogen and oxygen atoms in total. The van der Waals surface area contributed by atoms with Crippen LogP contribution in [-0.2, 0) is 11.8 Å². The second kappa shape index (κ2) is 4.64. The van der Waals surface area contributed by atoms with Crippen LogP contribution in [0.5, 0.6) is 0 Å². The molecule has 1 heterocycles. The first-order chi connectivity index (χ1) is 8.56. The molecular formula is C14H15NO3. The molecule has 0 amide bonds. The van der Waals surface area contributed by atoms with E-state index in [9.17, 15) is 9.59 Å². The maximum atomic E-state index is 12.2. The molecular weight excluding hydrogens is 230 g/mol. The van der Waals surface area contributed by atoms with E-state index in [1.54, 1.807) is 26.1 Å². The van der Waals surface area contributed by atoms with Gasteiger partial charge in [-0.2, -0.15) is 0 Å². The number of fused-ring (bicyclic) bond motifs is 1. The van der Waals surface area contributed by atoms with Gasteiger partial charge in [0.05, 0.1) is 17.6 Å². The van der Waals surface area contributed by atoms with Crippen molar-refractivity contribution in [1.29, 1.82) is 0 Å². The van der Waals surface area contributed by atoms with Crippen LogP contribution in [0.4, 0.5) is 0 Å². The van der Waals surface area contributed by atoms with E-state index in [4.69, 9.17) is 4.74 Å². The quantitative estimate of drug-likeness (QED) is 0.760. The smallest absolute Gasteiger partial charge is 0.338 e. The Morgan fingerprint density at radius 1 is 1.39 bits per heavy atom. The van der Waals surface area contributed by atoms with Gasteiger partial charge in [0.2, 0.25) is 0 Å². The zero-order valence-corrected chi connectivity index (χ0v) is 10.7. The summed E-state index contributed by atoms with van der Waals surface area (Å²) in [6.07, 6.45) is 0. The van der Waals surface area contributed by atoms with Gasteiger partial charge in [0.25, 0.3) is 5.56 Å². The number of hydrogen-bond acceptors (Lipinski definition) is 3. The number of benzene rings is 1. The van der Waals surface area contributed by atoms with Gasteiger partial charge < -0.3 is 9.30 Å². The minimum Gasteiger partial charge on any atom is -0.462 e. The van der Waals surface area contributed by atoms with Gasteiger partial charge in [0.15, 0.2) is 0 Å². The maximum absolute atomic E-state index is 12.2. The number of pyridine rings is 1. The van der Waals surface area contributed by atoms with Crippen LogP contribution in [0.3, 0.4) is 0 Å². The highest BCUT2D eigenvalue weighted by Gasteiger charge is 2.14. The Balaban J connectivity index is 2.81. The molecule has 1 aromatic heterocycles. The van der Waals surface area contributed by atoms with Crippen LogP contribution in [0.25, 0.3) is 10.8 Å². The minimum atomic E-state index is -0.455. The first kappa shape index (κ1) is 12.4. The molecule has 0 N–H and O–H groups in total. The standard InChI is InChI=1S/C14H15NO3/c1-4-18-14(17)11-7-5-6-10-8-9(2)15(3)13(16)12(10)11/h5-8H,4H2,1-3H3. The first-order valence-corrected chi connectivity index (χ1v) is 5.82. The maximum Gasteiger partial charge on any atom is 0.338 e. The van der Waals surface area contributed by atoms with Gasteiger partial charge in [-0.05, 0) is 31.4 Å². The highest BCUT2D eigenvalue weighted by molar-refractivity contribution is 6.04. The third-order valence-corrected chi connectivity index (χ3v) is 3.00. The lowest BCUT2D eigenvalue weighted by Gasteiger charge is -2.09. The van der Waals surface area contributed by atoms with Gasteiger partial charge in [-0.1, -0.05) is 12.1 Å². The molecule has 0 bridgehead atoms. The Morgan fingerprint density at radius 2 is 2.11 bits per heavy atom. The molecule has 0 unspecified atom stereocenters. The summed E-state index contributed by atoms with van der Waals surface area (Å²) in [5.41, 5.74) is 1.01. The Bertz CT molecular complexity index is 671. The number of nitrogens with zero attached hydrogens (tertiary/aromatic N) is 1. The lowest BCUT2D eigenvalue weighted by molar-refractivity contribution is 0.0528. The van der Waals surface area contributed by atoms with Gasteiger partial charge in [-0.3, -0.25) is 4.79 Å². The molecule has 94 valence electrons. The molecule has 0 aliphatic rings. The van der Waals surface area contributed by atoms with Crippen LogP contribution in [-0.4, -0.2) is 17.1 Å². The highest BCUT2D eigenvalue weighted by atomic mass is 16.5. The predicted molar refractivity (Wildman–Crippen MR) is 69.9 cm³/mol. The van der Waals surface area contributed by atoms with Crippen LogP contribution in [0.1, 0.15) is 23.0 Å². The molecule has 18 heavy (non-hydrogen) atoms. The highest BCUT2D eigenvalue weighted by Crippen LogP contribution is 2.17.